The maximum atomic E-state index is 12.6. The maximum Gasteiger partial charge on any atom is 0.179 e. The first-order valence-electron chi connectivity index (χ1n) is 6.94. The fraction of sp³-hybridized carbons (Fsp3) is 0.353. The molecule has 21 heavy (non-hydrogen) atoms. The Labute approximate surface area is 135 Å². The summed E-state index contributed by atoms with van der Waals surface area (Å²) >= 11 is 7.51. The van der Waals surface area contributed by atoms with Crippen LogP contribution in [-0.2, 0) is 6.54 Å². The third-order valence-corrected chi connectivity index (χ3v) is 5.08. The highest BCUT2D eigenvalue weighted by molar-refractivity contribution is 7.16. The van der Waals surface area contributed by atoms with Crippen LogP contribution < -0.4 is 0 Å². The number of Topliss-reactive ketones (excluding diaryl/α,β-unsaturated/α-hetero) is 1. The molecule has 0 aliphatic carbocycles. The van der Waals surface area contributed by atoms with Crippen molar-refractivity contribution in [3.8, 4) is 0 Å². The quantitative estimate of drug-likeness (QED) is 0.742. The Balaban J connectivity index is 2.08. The summed E-state index contributed by atoms with van der Waals surface area (Å²) in [6, 6.07) is 9.64. The van der Waals surface area contributed by atoms with Crippen LogP contribution in [0.3, 0.4) is 0 Å². The van der Waals surface area contributed by atoms with Crippen LogP contribution in [0.4, 0.5) is 0 Å². The number of hydrogen-bond donors (Lipinski definition) is 0. The van der Waals surface area contributed by atoms with Crippen LogP contribution in [0.5, 0.6) is 0 Å². The fourth-order valence-electron chi connectivity index (χ4n) is 2.16. The molecule has 2 nitrogen and oxygen atoms in total. The van der Waals surface area contributed by atoms with Crippen LogP contribution in [0.2, 0.25) is 4.34 Å². The van der Waals surface area contributed by atoms with Crippen molar-refractivity contribution in [2.45, 2.75) is 33.4 Å². The number of nitrogens with zero attached hydrogens (tertiary/aromatic N) is 1. The van der Waals surface area contributed by atoms with Gasteiger partial charge in [0.15, 0.2) is 5.78 Å². The molecule has 1 aromatic carbocycles. The van der Waals surface area contributed by atoms with Gasteiger partial charge in [-0.05, 0) is 57.1 Å². The minimum atomic E-state index is -0.159. The molecule has 1 heterocycles. The average Bonchev–Trinajstić information content (AvgIpc) is 2.85. The van der Waals surface area contributed by atoms with Gasteiger partial charge in [0.25, 0.3) is 0 Å². The van der Waals surface area contributed by atoms with E-state index in [0.717, 1.165) is 22.0 Å². The molecule has 0 saturated heterocycles. The second kappa shape index (κ2) is 6.73. The number of ketones is 1. The van der Waals surface area contributed by atoms with Gasteiger partial charge in [0.05, 0.1) is 10.4 Å². The third-order valence-electron chi connectivity index (χ3n) is 3.87. The van der Waals surface area contributed by atoms with Crippen molar-refractivity contribution in [3.05, 3.63) is 56.2 Å². The Hall–Kier alpha value is -1.16. The smallest absolute Gasteiger partial charge is 0.179 e. The van der Waals surface area contributed by atoms with E-state index in [4.69, 9.17) is 11.6 Å². The second-order valence-corrected chi connectivity index (χ2v) is 7.26. The number of benzene rings is 1. The number of carbonyl (C=O) groups excluding carboxylic acids is 1. The van der Waals surface area contributed by atoms with Crippen molar-refractivity contribution >= 4 is 28.7 Å². The third kappa shape index (κ3) is 3.94. The van der Waals surface area contributed by atoms with Crippen molar-refractivity contribution in [1.82, 2.24) is 4.90 Å². The van der Waals surface area contributed by atoms with E-state index < -0.39 is 0 Å². The predicted molar refractivity (Wildman–Crippen MR) is 90.5 cm³/mol. The molecule has 0 spiro atoms. The SMILES string of the molecule is Cc1ccc(C(=O)C(C)N(C)Cc2ccc(Cl)s2)cc1C. The number of rotatable bonds is 5. The van der Waals surface area contributed by atoms with Crippen molar-refractivity contribution < 1.29 is 4.79 Å². The Kier molecular flexibility index (Phi) is 5.20. The van der Waals surface area contributed by atoms with Crippen molar-refractivity contribution in [2.75, 3.05) is 7.05 Å². The summed E-state index contributed by atoms with van der Waals surface area (Å²) in [7, 11) is 1.97. The minimum Gasteiger partial charge on any atom is -0.292 e. The molecule has 2 rings (SSSR count). The maximum absolute atomic E-state index is 12.6. The molecule has 0 amide bonds. The first kappa shape index (κ1) is 16.2. The minimum absolute atomic E-state index is 0.156. The second-order valence-electron chi connectivity index (χ2n) is 5.46. The van der Waals surface area contributed by atoms with Gasteiger partial charge in [0, 0.05) is 17.0 Å². The van der Waals surface area contributed by atoms with E-state index in [-0.39, 0.29) is 11.8 Å². The van der Waals surface area contributed by atoms with Gasteiger partial charge in [-0.3, -0.25) is 9.69 Å². The molecule has 0 bridgehead atoms. The first-order chi connectivity index (χ1) is 9.88. The molecular weight excluding hydrogens is 302 g/mol. The van der Waals surface area contributed by atoms with E-state index in [9.17, 15) is 4.79 Å². The number of likely N-dealkylation sites (N-methyl/N-ethyl adjacent to an activating group) is 1. The molecule has 0 N–H and O–H groups in total. The van der Waals surface area contributed by atoms with Gasteiger partial charge in [0.1, 0.15) is 0 Å². The van der Waals surface area contributed by atoms with Crippen LogP contribution >= 0.6 is 22.9 Å². The van der Waals surface area contributed by atoms with Gasteiger partial charge < -0.3 is 0 Å². The van der Waals surface area contributed by atoms with E-state index >= 15 is 0 Å². The van der Waals surface area contributed by atoms with Crippen molar-refractivity contribution in [3.63, 3.8) is 0 Å². The Morgan fingerprint density at radius 3 is 2.52 bits per heavy atom. The average molecular weight is 322 g/mol. The molecule has 0 saturated carbocycles. The Morgan fingerprint density at radius 1 is 1.24 bits per heavy atom. The van der Waals surface area contributed by atoms with E-state index in [1.807, 2.05) is 51.2 Å². The molecule has 1 unspecified atom stereocenters. The molecule has 4 heteroatoms. The summed E-state index contributed by atoms with van der Waals surface area (Å²) < 4.78 is 0.784. The highest BCUT2D eigenvalue weighted by Gasteiger charge is 2.20. The van der Waals surface area contributed by atoms with Gasteiger partial charge in [-0.2, -0.15) is 0 Å². The lowest BCUT2D eigenvalue weighted by Gasteiger charge is -2.23. The van der Waals surface area contributed by atoms with Crippen molar-refractivity contribution in [2.24, 2.45) is 0 Å². The Morgan fingerprint density at radius 2 is 1.95 bits per heavy atom. The van der Waals surface area contributed by atoms with Crippen LogP contribution in [0, 0.1) is 13.8 Å². The normalized spacial score (nSPS) is 12.7. The molecule has 0 fully saturated rings. The summed E-state index contributed by atoms with van der Waals surface area (Å²) in [6.45, 7) is 6.77. The lowest BCUT2D eigenvalue weighted by molar-refractivity contribution is 0.0863. The predicted octanol–water partition coefficient (Wildman–Crippen LogP) is 4.72. The summed E-state index contributed by atoms with van der Waals surface area (Å²) in [5, 5.41) is 0. The first-order valence-corrected chi connectivity index (χ1v) is 8.14. The molecule has 1 aromatic heterocycles. The van der Waals surface area contributed by atoms with Crippen LogP contribution in [0.15, 0.2) is 30.3 Å². The molecule has 2 aromatic rings. The fourth-order valence-corrected chi connectivity index (χ4v) is 3.31. The van der Waals surface area contributed by atoms with Gasteiger partial charge in [0.2, 0.25) is 0 Å². The van der Waals surface area contributed by atoms with Gasteiger partial charge in [-0.1, -0.05) is 23.7 Å². The van der Waals surface area contributed by atoms with Crippen LogP contribution in [0.25, 0.3) is 0 Å². The van der Waals surface area contributed by atoms with E-state index in [0.29, 0.717) is 0 Å². The van der Waals surface area contributed by atoms with Gasteiger partial charge >= 0.3 is 0 Å². The highest BCUT2D eigenvalue weighted by atomic mass is 35.5. The number of halogens is 1. The summed E-state index contributed by atoms with van der Waals surface area (Å²) in [6.07, 6.45) is 0. The van der Waals surface area contributed by atoms with Crippen LogP contribution in [0.1, 0.15) is 33.3 Å². The topological polar surface area (TPSA) is 20.3 Å². The molecule has 1 atom stereocenters. The highest BCUT2D eigenvalue weighted by Crippen LogP contribution is 2.23. The lowest BCUT2D eigenvalue weighted by Crippen LogP contribution is -2.35. The zero-order valence-electron chi connectivity index (χ0n) is 12.8. The van der Waals surface area contributed by atoms with E-state index in [1.165, 1.54) is 10.4 Å². The molecule has 0 aliphatic heterocycles. The standard InChI is InChI=1S/C17H20ClNOS/c1-11-5-6-14(9-12(11)2)17(20)13(3)19(4)10-15-7-8-16(18)21-15/h5-9,13H,10H2,1-4H3. The number of carbonyl (C=O) groups is 1. The molecule has 112 valence electrons. The number of thiophene rings is 1. The summed E-state index contributed by atoms with van der Waals surface area (Å²) in [4.78, 5) is 15.8. The molecule has 0 radical (unpaired) electrons. The summed E-state index contributed by atoms with van der Waals surface area (Å²) in [5.41, 5.74) is 3.14. The van der Waals surface area contributed by atoms with E-state index in [1.54, 1.807) is 11.3 Å². The Bertz CT molecular complexity index is 650. The largest absolute Gasteiger partial charge is 0.292 e. The van der Waals surface area contributed by atoms with Crippen LogP contribution in [-0.4, -0.2) is 23.8 Å². The number of hydrogen-bond acceptors (Lipinski definition) is 3. The molecule has 0 aliphatic rings. The van der Waals surface area contributed by atoms with Crippen molar-refractivity contribution in [1.29, 1.82) is 0 Å². The zero-order valence-corrected chi connectivity index (χ0v) is 14.4. The monoisotopic (exact) mass is 321 g/mol. The zero-order chi connectivity index (χ0) is 15.6. The number of aryl methyl sites for hydroxylation is 2. The van der Waals surface area contributed by atoms with Gasteiger partial charge in [-0.15, -0.1) is 11.3 Å². The summed E-state index contributed by atoms with van der Waals surface area (Å²) in [5.74, 6) is 0.156. The van der Waals surface area contributed by atoms with E-state index in [2.05, 4.69) is 11.8 Å². The lowest BCUT2D eigenvalue weighted by atomic mass is 10.00. The molecular formula is C17H20ClNOS. The van der Waals surface area contributed by atoms with Gasteiger partial charge in [-0.25, -0.2) is 0 Å².